The molecular formula is C21H19F2N7O2. The summed E-state index contributed by atoms with van der Waals surface area (Å²) in [5.41, 5.74) is 1.55. The van der Waals surface area contributed by atoms with Gasteiger partial charge >= 0.3 is 0 Å². The van der Waals surface area contributed by atoms with Crippen LogP contribution in [0.25, 0.3) is 10.9 Å². The molecule has 3 heterocycles. The topological polar surface area (TPSA) is 121 Å². The summed E-state index contributed by atoms with van der Waals surface area (Å²) in [5, 5.41) is 12.6. The van der Waals surface area contributed by atoms with E-state index in [2.05, 4.69) is 35.8 Å². The number of amides is 1. The number of halogens is 2. The molecule has 164 valence electrons. The second-order valence-corrected chi connectivity index (χ2v) is 7.60. The van der Waals surface area contributed by atoms with Crippen molar-refractivity contribution in [1.29, 1.82) is 0 Å². The summed E-state index contributed by atoms with van der Waals surface area (Å²) in [6.45, 7) is 1.69. The zero-order chi connectivity index (χ0) is 22.4. The predicted molar refractivity (Wildman–Crippen MR) is 112 cm³/mol. The molecule has 9 nitrogen and oxygen atoms in total. The predicted octanol–water partition coefficient (Wildman–Crippen LogP) is 4.04. The molecule has 1 aromatic carbocycles. The molecule has 4 N–H and O–H groups in total. The van der Waals surface area contributed by atoms with E-state index in [0.717, 1.165) is 30.9 Å². The number of hydrogen-bond acceptors (Lipinski definition) is 6. The molecular weight excluding hydrogens is 420 g/mol. The SMILES string of the molecule is CNC(=O)c1c(Nc2cc(C3CC3)[nH]n2)ncnc1Oc1cc(F)c2[nH]c(C)cc2c1F. The van der Waals surface area contributed by atoms with Crippen molar-refractivity contribution in [2.75, 3.05) is 12.4 Å². The molecule has 0 atom stereocenters. The van der Waals surface area contributed by atoms with Crippen molar-refractivity contribution >= 4 is 28.4 Å². The lowest BCUT2D eigenvalue weighted by molar-refractivity contribution is 0.0960. The van der Waals surface area contributed by atoms with E-state index in [1.807, 2.05) is 6.07 Å². The first-order valence-corrected chi connectivity index (χ1v) is 9.99. The monoisotopic (exact) mass is 439 g/mol. The van der Waals surface area contributed by atoms with Crippen LogP contribution in [0.4, 0.5) is 20.4 Å². The minimum atomic E-state index is -0.775. The largest absolute Gasteiger partial charge is 0.435 e. The third-order valence-electron chi connectivity index (χ3n) is 5.24. The van der Waals surface area contributed by atoms with Gasteiger partial charge in [0.15, 0.2) is 29.0 Å². The van der Waals surface area contributed by atoms with Crippen LogP contribution in [-0.4, -0.2) is 38.1 Å². The Morgan fingerprint density at radius 2 is 2.03 bits per heavy atom. The van der Waals surface area contributed by atoms with Crippen LogP contribution in [0.2, 0.25) is 0 Å². The maximum atomic E-state index is 15.0. The zero-order valence-electron chi connectivity index (χ0n) is 17.2. The van der Waals surface area contributed by atoms with Gasteiger partial charge in [-0.2, -0.15) is 5.10 Å². The number of carbonyl (C=O) groups excluding carboxylic acids is 1. The van der Waals surface area contributed by atoms with E-state index in [1.54, 1.807) is 6.92 Å². The number of nitrogens with one attached hydrogen (secondary N) is 4. The summed E-state index contributed by atoms with van der Waals surface area (Å²) in [5.74, 6) is -1.63. The van der Waals surface area contributed by atoms with Crippen molar-refractivity contribution in [2.24, 2.45) is 0 Å². The summed E-state index contributed by atoms with van der Waals surface area (Å²) >= 11 is 0. The van der Waals surface area contributed by atoms with Gasteiger partial charge in [0.2, 0.25) is 5.88 Å². The number of aromatic amines is 2. The number of ether oxygens (including phenoxy) is 1. The van der Waals surface area contributed by atoms with Gasteiger partial charge in [-0.25, -0.2) is 18.7 Å². The molecule has 0 spiro atoms. The fraction of sp³-hybridized carbons (Fsp3) is 0.238. The van der Waals surface area contributed by atoms with Crippen LogP contribution in [0.3, 0.4) is 0 Å². The standard InChI is InChI=1S/C21H19F2N7O2/c1-9-5-11-17(23)14(6-12(22)18(11)27-9)32-21-16(20(31)24-2)19(25-8-26-21)28-15-7-13(29-30-15)10-3-4-10/h5-8,10,27H,3-4H2,1-2H3,(H,24,31)(H2,25,26,28,29,30). The third kappa shape index (κ3) is 3.51. The Labute approximate surface area is 180 Å². The van der Waals surface area contributed by atoms with Crippen LogP contribution in [0.15, 0.2) is 24.5 Å². The van der Waals surface area contributed by atoms with E-state index in [9.17, 15) is 9.18 Å². The smallest absolute Gasteiger partial charge is 0.260 e. The maximum absolute atomic E-state index is 15.0. The summed E-state index contributed by atoms with van der Waals surface area (Å²) in [6, 6.07) is 4.22. The summed E-state index contributed by atoms with van der Waals surface area (Å²) in [4.78, 5) is 23.5. The molecule has 1 fully saturated rings. The lowest BCUT2D eigenvalue weighted by Crippen LogP contribution is -2.21. The number of aromatic nitrogens is 5. The van der Waals surface area contributed by atoms with Crippen molar-refractivity contribution in [3.63, 3.8) is 0 Å². The number of nitrogens with zero attached hydrogens (tertiary/aromatic N) is 3. The Balaban J connectivity index is 1.53. The number of benzene rings is 1. The first-order chi connectivity index (χ1) is 15.4. The van der Waals surface area contributed by atoms with Crippen molar-refractivity contribution in [2.45, 2.75) is 25.7 Å². The maximum Gasteiger partial charge on any atom is 0.260 e. The summed E-state index contributed by atoms with van der Waals surface area (Å²) in [7, 11) is 1.43. The molecule has 0 unspecified atom stereocenters. The highest BCUT2D eigenvalue weighted by molar-refractivity contribution is 6.01. The van der Waals surface area contributed by atoms with Gasteiger partial charge in [0.25, 0.3) is 5.91 Å². The molecule has 1 saturated carbocycles. The number of rotatable bonds is 6. The van der Waals surface area contributed by atoms with Crippen LogP contribution in [-0.2, 0) is 0 Å². The number of carbonyl (C=O) groups is 1. The minimum Gasteiger partial charge on any atom is -0.435 e. The fourth-order valence-electron chi connectivity index (χ4n) is 3.51. The average molecular weight is 439 g/mol. The van der Waals surface area contributed by atoms with E-state index >= 15 is 4.39 Å². The van der Waals surface area contributed by atoms with E-state index in [-0.39, 0.29) is 28.2 Å². The van der Waals surface area contributed by atoms with Crippen LogP contribution in [0, 0.1) is 18.6 Å². The number of anilines is 2. The number of H-pyrrole nitrogens is 2. The van der Waals surface area contributed by atoms with E-state index in [0.29, 0.717) is 17.4 Å². The van der Waals surface area contributed by atoms with Crippen molar-refractivity contribution in [3.8, 4) is 11.6 Å². The molecule has 32 heavy (non-hydrogen) atoms. The average Bonchev–Trinajstić information content (AvgIpc) is 3.39. The Morgan fingerprint density at radius 1 is 1.22 bits per heavy atom. The molecule has 3 aromatic heterocycles. The number of fused-ring (bicyclic) bond motifs is 1. The molecule has 5 rings (SSSR count). The molecule has 1 aliphatic carbocycles. The van der Waals surface area contributed by atoms with Crippen LogP contribution >= 0.6 is 0 Å². The highest BCUT2D eigenvalue weighted by Gasteiger charge is 2.27. The highest BCUT2D eigenvalue weighted by Crippen LogP contribution is 2.40. The first-order valence-electron chi connectivity index (χ1n) is 9.99. The fourth-order valence-corrected chi connectivity index (χ4v) is 3.51. The van der Waals surface area contributed by atoms with Gasteiger partial charge in [-0.1, -0.05) is 0 Å². The van der Waals surface area contributed by atoms with Crippen molar-refractivity contribution in [1.82, 2.24) is 30.5 Å². The zero-order valence-corrected chi connectivity index (χ0v) is 17.2. The molecule has 0 radical (unpaired) electrons. The molecule has 0 saturated heterocycles. The van der Waals surface area contributed by atoms with Crippen molar-refractivity contribution in [3.05, 3.63) is 53.1 Å². The summed E-state index contributed by atoms with van der Waals surface area (Å²) < 4.78 is 35.1. The van der Waals surface area contributed by atoms with Gasteiger partial charge in [-0.15, -0.1) is 0 Å². The third-order valence-corrected chi connectivity index (χ3v) is 5.24. The quantitative estimate of drug-likeness (QED) is 0.360. The van der Waals surface area contributed by atoms with Gasteiger partial charge in [0.1, 0.15) is 11.9 Å². The molecule has 11 heteroatoms. The van der Waals surface area contributed by atoms with Gasteiger partial charge in [0, 0.05) is 41.9 Å². The second-order valence-electron chi connectivity index (χ2n) is 7.60. The molecule has 0 bridgehead atoms. The van der Waals surface area contributed by atoms with Gasteiger partial charge in [-0.05, 0) is 25.8 Å². The summed E-state index contributed by atoms with van der Waals surface area (Å²) in [6.07, 6.45) is 3.36. The van der Waals surface area contributed by atoms with Gasteiger partial charge in [0.05, 0.1) is 5.52 Å². The van der Waals surface area contributed by atoms with Crippen molar-refractivity contribution < 1.29 is 18.3 Å². The van der Waals surface area contributed by atoms with E-state index < -0.39 is 23.3 Å². The number of aryl methyl sites for hydroxylation is 1. The Bertz CT molecular complexity index is 1340. The molecule has 1 amide bonds. The normalized spacial score (nSPS) is 13.4. The molecule has 4 aromatic rings. The second kappa shape index (κ2) is 7.59. The Kier molecular flexibility index (Phi) is 4.72. The Morgan fingerprint density at radius 3 is 2.78 bits per heavy atom. The van der Waals surface area contributed by atoms with E-state index in [1.165, 1.54) is 13.1 Å². The van der Waals surface area contributed by atoms with Crippen LogP contribution < -0.4 is 15.4 Å². The lowest BCUT2D eigenvalue weighted by Gasteiger charge is -2.13. The minimum absolute atomic E-state index is 0.0360. The molecule has 0 aliphatic heterocycles. The van der Waals surface area contributed by atoms with Crippen LogP contribution in [0.5, 0.6) is 11.6 Å². The van der Waals surface area contributed by atoms with E-state index in [4.69, 9.17) is 4.74 Å². The molecule has 1 aliphatic rings. The highest BCUT2D eigenvalue weighted by atomic mass is 19.1. The van der Waals surface area contributed by atoms with Gasteiger partial charge < -0.3 is 20.4 Å². The Hall–Kier alpha value is -4.02. The first kappa shape index (κ1) is 19.9. The number of hydrogen-bond donors (Lipinski definition) is 4. The van der Waals surface area contributed by atoms with Gasteiger partial charge in [-0.3, -0.25) is 9.89 Å². The van der Waals surface area contributed by atoms with Crippen LogP contribution in [0.1, 0.15) is 40.5 Å². The lowest BCUT2D eigenvalue weighted by atomic mass is 10.2.